The Balaban J connectivity index is 3.31. The van der Waals surface area contributed by atoms with Crippen LogP contribution in [0.5, 0.6) is 0 Å². The molecule has 0 fully saturated rings. The van der Waals surface area contributed by atoms with Gasteiger partial charge in [-0.05, 0) is 18.9 Å². The van der Waals surface area contributed by atoms with Crippen molar-refractivity contribution in [2.75, 3.05) is 26.8 Å². The van der Waals surface area contributed by atoms with Gasteiger partial charge in [0.1, 0.15) is 0 Å². The Bertz CT molecular complexity index is 127. The molecule has 0 rings (SSSR count). The predicted octanol–water partition coefficient (Wildman–Crippen LogP) is 1.81. The van der Waals surface area contributed by atoms with Crippen molar-refractivity contribution in [1.82, 2.24) is 5.32 Å². The monoisotopic (exact) mass is 199 g/mol. The Morgan fingerprint density at radius 1 is 1.38 bits per heavy atom. The van der Waals surface area contributed by atoms with E-state index < -0.39 is 12.7 Å². The highest BCUT2D eigenvalue weighted by molar-refractivity contribution is 4.60. The van der Waals surface area contributed by atoms with Gasteiger partial charge in [0.05, 0.1) is 6.54 Å². The lowest BCUT2D eigenvalue weighted by Gasteiger charge is -2.13. The molecule has 0 aromatic rings. The third-order valence-corrected chi connectivity index (χ3v) is 1.63. The molecule has 0 radical (unpaired) electrons. The third-order valence-electron chi connectivity index (χ3n) is 1.63. The van der Waals surface area contributed by atoms with E-state index in [0.29, 0.717) is 13.2 Å². The number of methoxy groups -OCH3 is 1. The molecule has 0 aromatic carbocycles. The molecule has 0 heterocycles. The molecular formula is C8H16F3NO. The first-order valence-corrected chi connectivity index (χ1v) is 4.22. The second kappa shape index (κ2) is 6.21. The van der Waals surface area contributed by atoms with Crippen LogP contribution in [-0.2, 0) is 4.74 Å². The van der Waals surface area contributed by atoms with Gasteiger partial charge < -0.3 is 10.1 Å². The number of ether oxygens (including phenoxy) is 1. The summed E-state index contributed by atoms with van der Waals surface area (Å²) in [6.07, 6.45) is -3.33. The van der Waals surface area contributed by atoms with Crippen LogP contribution in [-0.4, -0.2) is 33.0 Å². The highest BCUT2D eigenvalue weighted by atomic mass is 19.4. The van der Waals surface area contributed by atoms with Gasteiger partial charge in [0, 0.05) is 13.7 Å². The number of hydrogen-bond acceptors (Lipinski definition) is 2. The summed E-state index contributed by atoms with van der Waals surface area (Å²) >= 11 is 0. The topological polar surface area (TPSA) is 21.3 Å². The van der Waals surface area contributed by atoms with Crippen molar-refractivity contribution < 1.29 is 17.9 Å². The summed E-state index contributed by atoms with van der Waals surface area (Å²) in [6, 6.07) is 0. The van der Waals surface area contributed by atoms with Crippen molar-refractivity contribution in [3.8, 4) is 0 Å². The summed E-state index contributed by atoms with van der Waals surface area (Å²) in [5.74, 6) is 0.210. The predicted molar refractivity (Wildman–Crippen MR) is 44.6 cm³/mol. The molecule has 0 aliphatic heterocycles. The Hall–Kier alpha value is -0.290. The van der Waals surface area contributed by atoms with Gasteiger partial charge in [0.15, 0.2) is 0 Å². The molecule has 2 nitrogen and oxygen atoms in total. The summed E-state index contributed by atoms with van der Waals surface area (Å²) in [5, 5.41) is 2.35. The van der Waals surface area contributed by atoms with Crippen LogP contribution < -0.4 is 5.32 Å². The molecule has 0 spiro atoms. The lowest BCUT2D eigenvalue weighted by Crippen LogP contribution is -2.32. The first-order valence-electron chi connectivity index (χ1n) is 4.22. The Morgan fingerprint density at radius 2 is 2.00 bits per heavy atom. The van der Waals surface area contributed by atoms with E-state index >= 15 is 0 Å². The van der Waals surface area contributed by atoms with E-state index in [2.05, 4.69) is 5.32 Å². The van der Waals surface area contributed by atoms with E-state index in [-0.39, 0.29) is 5.92 Å². The summed E-state index contributed by atoms with van der Waals surface area (Å²) in [7, 11) is 1.58. The van der Waals surface area contributed by atoms with Gasteiger partial charge in [-0.1, -0.05) is 6.92 Å². The van der Waals surface area contributed by atoms with Gasteiger partial charge in [-0.2, -0.15) is 13.2 Å². The maximum Gasteiger partial charge on any atom is 0.401 e. The maximum absolute atomic E-state index is 11.7. The average Bonchev–Trinajstić information content (AvgIpc) is 1.98. The zero-order valence-corrected chi connectivity index (χ0v) is 7.95. The summed E-state index contributed by atoms with van der Waals surface area (Å²) in [6.45, 7) is 1.95. The van der Waals surface area contributed by atoms with Gasteiger partial charge in [0.2, 0.25) is 0 Å². The highest BCUT2D eigenvalue weighted by Gasteiger charge is 2.26. The SMILES string of the molecule is COCCC(C)CNCC(F)(F)F. The van der Waals surface area contributed by atoms with Crippen LogP contribution in [0, 0.1) is 5.92 Å². The van der Waals surface area contributed by atoms with Crippen molar-refractivity contribution in [3.05, 3.63) is 0 Å². The van der Waals surface area contributed by atoms with E-state index in [1.807, 2.05) is 6.92 Å². The van der Waals surface area contributed by atoms with Crippen LogP contribution in [0.4, 0.5) is 13.2 Å². The first-order chi connectivity index (χ1) is 5.95. The second-order valence-corrected chi connectivity index (χ2v) is 3.13. The minimum atomic E-state index is -4.11. The van der Waals surface area contributed by atoms with Gasteiger partial charge in [-0.3, -0.25) is 0 Å². The van der Waals surface area contributed by atoms with Crippen molar-refractivity contribution in [3.63, 3.8) is 0 Å². The molecule has 1 N–H and O–H groups in total. The normalized spacial score (nSPS) is 14.5. The molecule has 0 bridgehead atoms. The number of halogens is 3. The van der Waals surface area contributed by atoms with E-state index in [1.54, 1.807) is 7.11 Å². The molecule has 1 atom stereocenters. The lowest BCUT2D eigenvalue weighted by atomic mass is 10.1. The maximum atomic E-state index is 11.7. The zero-order chi connectivity index (χ0) is 10.3. The number of alkyl halides is 3. The molecule has 0 amide bonds. The first kappa shape index (κ1) is 12.7. The van der Waals surface area contributed by atoms with E-state index in [9.17, 15) is 13.2 Å². The van der Waals surface area contributed by atoms with Gasteiger partial charge in [-0.25, -0.2) is 0 Å². The van der Waals surface area contributed by atoms with Crippen LogP contribution in [0.3, 0.4) is 0 Å². The van der Waals surface area contributed by atoms with E-state index in [0.717, 1.165) is 6.42 Å². The Kier molecular flexibility index (Phi) is 6.07. The molecule has 1 unspecified atom stereocenters. The molecule has 5 heteroatoms. The molecular weight excluding hydrogens is 183 g/mol. The highest BCUT2D eigenvalue weighted by Crippen LogP contribution is 2.12. The fraction of sp³-hybridized carbons (Fsp3) is 1.00. The quantitative estimate of drug-likeness (QED) is 0.704. The summed E-state index contributed by atoms with van der Waals surface area (Å²) in [5.41, 5.74) is 0. The van der Waals surface area contributed by atoms with Gasteiger partial charge in [-0.15, -0.1) is 0 Å². The Labute approximate surface area is 76.5 Å². The number of hydrogen-bond donors (Lipinski definition) is 1. The second-order valence-electron chi connectivity index (χ2n) is 3.13. The molecule has 13 heavy (non-hydrogen) atoms. The third kappa shape index (κ3) is 9.63. The van der Waals surface area contributed by atoms with Crippen LogP contribution in [0.1, 0.15) is 13.3 Å². The lowest BCUT2D eigenvalue weighted by molar-refractivity contribution is -0.125. The van der Waals surface area contributed by atoms with Crippen molar-refractivity contribution in [2.24, 2.45) is 5.92 Å². The number of nitrogens with one attached hydrogen (secondary N) is 1. The van der Waals surface area contributed by atoms with Crippen LogP contribution in [0.25, 0.3) is 0 Å². The fourth-order valence-electron chi connectivity index (χ4n) is 0.881. The van der Waals surface area contributed by atoms with Crippen molar-refractivity contribution >= 4 is 0 Å². The minimum Gasteiger partial charge on any atom is -0.385 e. The molecule has 80 valence electrons. The molecule has 0 saturated heterocycles. The molecule has 0 aliphatic rings. The molecule has 0 saturated carbocycles. The zero-order valence-electron chi connectivity index (χ0n) is 7.95. The van der Waals surface area contributed by atoms with Crippen LogP contribution >= 0.6 is 0 Å². The van der Waals surface area contributed by atoms with E-state index in [1.165, 1.54) is 0 Å². The van der Waals surface area contributed by atoms with Crippen molar-refractivity contribution in [1.29, 1.82) is 0 Å². The number of rotatable bonds is 6. The molecule has 0 aliphatic carbocycles. The standard InChI is InChI=1S/C8H16F3NO/c1-7(3-4-13-2)5-12-6-8(9,10)11/h7,12H,3-6H2,1-2H3. The summed E-state index contributed by atoms with van der Waals surface area (Å²) in [4.78, 5) is 0. The van der Waals surface area contributed by atoms with Crippen LogP contribution in [0.2, 0.25) is 0 Å². The smallest absolute Gasteiger partial charge is 0.385 e. The Morgan fingerprint density at radius 3 is 2.46 bits per heavy atom. The molecule has 0 aromatic heterocycles. The van der Waals surface area contributed by atoms with Crippen LogP contribution in [0.15, 0.2) is 0 Å². The largest absolute Gasteiger partial charge is 0.401 e. The van der Waals surface area contributed by atoms with Gasteiger partial charge >= 0.3 is 6.18 Å². The van der Waals surface area contributed by atoms with E-state index in [4.69, 9.17) is 4.74 Å². The van der Waals surface area contributed by atoms with Crippen molar-refractivity contribution in [2.45, 2.75) is 19.5 Å². The fourth-order valence-corrected chi connectivity index (χ4v) is 0.881. The minimum absolute atomic E-state index is 0.210. The van der Waals surface area contributed by atoms with Gasteiger partial charge in [0.25, 0.3) is 0 Å². The average molecular weight is 199 g/mol. The summed E-state index contributed by atoms with van der Waals surface area (Å²) < 4.78 is 39.8.